The summed E-state index contributed by atoms with van der Waals surface area (Å²) in [6.45, 7) is 13.6. The summed E-state index contributed by atoms with van der Waals surface area (Å²) >= 11 is 0. The molecule has 1 fully saturated rings. The number of carbonyl (C=O) groups excluding carboxylic acids is 2. The van der Waals surface area contributed by atoms with Gasteiger partial charge in [0.05, 0.1) is 19.7 Å². The summed E-state index contributed by atoms with van der Waals surface area (Å²) in [6.07, 6.45) is 0.0810. The van der Waals surface area contributed by atoms with E-state index < -0.39 is 56.7 Å². The van der Waals surface area contributed by atoms with Gasteiger partial charge < -0.3 is 35.4 Å². The fraction of sp³-hybridized carbons (Fsp3) is 0.575. The Morgan fingerprint density at radius 2 is 1.20 bits per heavy atom. The molecule has 0 aliphatic carbocycles. The standard InChI is InChI=1S/C40H61N6O12P.Gd/c1-7-43-10-12-44(25-35(47)41-23-37(49)50)14-16-46(17-15-45(13-11-43)26-36(48)42-24-38(51)52)33(40(53)54)9-8-18-57-59(55,56)58-34-22-28(3)32(21-29(34)4)39-30(5)19-27(2)20-31(39)6;/h19-22,33H,7-18,23-26H2,1-6H3,(H,41,47)(H,42,48)(H,49,50)(H,51,52)(H,53,54)(H,55,56);/q;+3/t33-;/m1./s1. The average Bonchev–Trinajstić information content (AvgIpc) is 3.13. The molecule has 3 rings (SSSR count). The second-order valence-corrected chi connectivity index (χ2v) is 16.3. The Bertz CT molecular complexity index is 1780. The summed E-state index contributed by atoms with van der Waals surface area (Å²) in [6, 6.07) is 6.73. The van der Waals surface area contributed by atoms with Crippen LogP contribution in [0.1, 0.15) is 47.6 Å². The van der Waals surface area contributed by atoms with E-state index in [1.165, 1.54) is 0 Å². The van der Waals surface area contributed by atoms with Crippen LogP contribution in [0, 0.1) is 74.6 Å². The van der Waals surface area contributed by atoms with Crippen molar-refractivity contribution in [3.63, 3.8) is 0 Å². The third kappa shape index (κ3) is 18.1. The Morgan fingerprint density at radius 3 is 1.67 bits per heavy atom. The number of carboxylic acid groups (broad SMARTS) is 3. The van der Waals surface area contributed by atoms with Crippen LogP contribution in [-0.2, 0) is 33.1 Å². The van der Waals surface area contributed by atoms with Crippen LogP contribution in [-0.4, -0.2) is 167 Å². The van der Waals surface area contributed by atoms with E-state index in [9.17, 15) is 38.5 Å². The second kappa shape index (κ2) is 25.7. The summed E-state index contributed by atoms with van der Waals surface area (Å²) in [4.78, 5) is 78.3. The molecule has 0 saturated carbocycles. The van der Waals surface area contributed by atoms with Crippen molar-refractivity contribution in [3.8, 4) is 16.9 Å². The number of likely N-dealkylation sites (N-methyl/N-ethyl adjacent to an activating group) is 1. The van der Waals surface area contributed by atoms with E-state index in [4.69, 9.17) is 19.3 Å². The van der Waals surface area contributed by atoms with Crippen LogP contribution in [0.5, 0.6) is 5.75 Å². The Labute approximate surface area is 384 Å². The van der Waals surface area contributed by atoms with Gasteiger partial charge in [-0.1, -0.05) is 24.6 Å². The summed E-state index contributed by atoms with van der Waals surface area (Å²) in [5.41, 5.74) is 6.92. The fourth-order valence-corrected chi connectivity index (χ4v) is 8.05. The molecule has 2 aromatic rings. The van der Waals surface area contributed by atoms with Crippen molar-refractivity contribution in [1.82, 2.24) is 30.2 Å². The quantitative estimate of drug-likeness (QED) is 0.0875. The predicted octanol–water partition coefficient (Wildman–Crippen LogP) is 2.27. The van der Waals surface area contributed by atoms with Crippen LogP contribution in [0.4, 0.5) is 0 Å². The van der Waals surface area contributed by atoms with Crippen molar-refractivity contribution in [3.05, 3.63) is 52.1 Å². The van der Waals surface area contributed by atoms with Gasteiger partial charge in [-0.3, -0.25) is 48.1 Å². The molecule has 1 unspecified atom stereocenters. The number of amides is 2. The number of nitrogens with zero attached hydrogens (tertiary/aromatic N) is 4. The topological polar surface area (TPSA) is 239 Å². The maximum atomic E-state index is 13.1. The van der Waals surface area contributed by atoms with Crippen LogP contribution in [0.25, 0.3) is 11.1 Å². The summed E-state index contributed by atoms with van der Waals surface area (Å²) in [7, 11) is -4.63. The van der Waals surface area contributed by atoms with Crippen molar-refractivity contribution in [1.29, 1.82) is 0 Å². The van der Waals surface area contributed by atoms with E-state index in [-0.39, 0.29) is 104 Å². The SMILES string of the molecule is CCN1CCN(CC(=O)NCC(=O)O)CCN([C@H](CCCOP(=O)(O)Oc2cc(C)c(-c3c(C)cc(C)cc3C)cc2C)C(=O)O)CCN(CC(=O)NCC(=O)O)CC1.[Gd+3]. The maximum Gasteiger partial charge on any atom is 3.00 e. The zero-order valence-electron chi connectivity index (χ0n) is 35.3. The number of carbonyl (C=O) groups is 5. The van der Waals surface area contributed by atoms with Gasteiger partial charge in [0, 0.05) is 52.4 Å². The van der Waals surface area contributed by atoms with E-state index in [0.29, 0.717) is 38.3 Å². The summed E-state index contributed by atoms with van der Waals surface area (Å²) in [5.74, 6) is -4.32. The molecule has 1 radical (unpaired) electrons. The van der Waals surface area contributed by atoms with Gasteiger partial charge in [0.2, 0.25) is 11.8 Å². The fourth-order valence-electron chi connectivity index (χ4n) is 7.19. The van der Waals surface area contributed by atoms with Crippen molar-refractivity contribution in [2.45, 2.75) is 60.4 Å². The zero-order chi connectivity index (χ0) is 43.9. The molecule has 2 atom stereocenters. The molecule has 1 heterocycles. The minimum absolute atomic E-state index is 0. The molecular formula is C40H61GdN6O12P+3. The number of rotatable bonds is 19. The molecule has 18 nitrogen and oxygen atoms in total. The van der Waals surface area contributed by atoms with Crippen molar-refractivity contribution in [2.75, 3.05) is 91.7 Å². The average molecular weight is 1010 g/mol. The van der Waals surface area contributed by atoms with E-state index in [0.717, 1.165) is 33.4 Å². The first-order valence-electron chi connectivity index (χ1n) is 19.8. The third-order valence-corrected chi connectivity index (χ3v) is 11.1. The van der Waals surface area contributed by atoms with Crippen LogP contribution < -0.4 is 15.2 Å². The number of phosphoric acid groups is 1. The number of phosphoric ester groups is 1. The monoisotopic (exact) mass is 1010 g/mol. The van der Waals surface area contributed by atoms with Crippen molar-refractivity contribution < 1.29 is 97.7 Å². The molecule has 1 aliphatic rings. The molecule has 2 aromatic carbocycles. The molecule has 6 N–H and O–H groups in total. The first-order valence-corrected chi connectivity index (χ1v) is 21.2. The van der Waals surface area contributed by atoms with Gasteiger partial charge in [0.1, 0.15) is 24.9 Å². The van der Waals surface area contributed by atoms with Crippen LogP contribution in [0.2, 0.25) is 0 Å². The molecule has 60 heavy (non-hydrogen) atoms. The second-order valence-electron chi connectivity index (χ2n) is 15.0. The smallest absolute Gasteiger partial charge is 0.480 e. The minimum Gasteiger partial charge on any atom is -0.480 e. The Hall–Kier alpha value is -3.10. The van der Waals surface area contributed by atoms with Gasteiger partial charge >= 0.3 is 65.7 Å². The van der Waals surface area contributed by atoms with Gasteiger partial charge in [-0.25, -0.2) is 4.57 Å². The van der Waals surface area contributed by atoms with Gasteiger partial charge in [0.25, 0.3) is 0 Å². The number of nitrogens with one attached hydrogen (secondary N) is 2. The number of benzene rings is 2. The Balaban J connectivity index is 0.0000124. The molecular weight excluding hydrogens is 945 g/mol. The number of hydrogen-bond acceptors (Lipinski definition) is 12. The molecule has 20 heteroatoms. The van der Waals surface area contributed by atoms with E-state index in [2.05, 4.69) is 27.7 Å². The largest absolute Gasteiger partial charge is 3.00 e. The van der Waals surface area contributed by atoms with Gasteiger partial charge in [-0.05, 0) is 99.5 Å². The molecule has 2 amide bonds. The van der Waals surface area contributed by atoms with Crippen molar-refractivity contribution >= 4 is 37.5 Å². The predicted molar refractivity (Wildman–Crippen MR) is 220 cm³/mol. The van der Waals surface area contributed by atoms with E-state index in [1.807, 2.05) is 50.5 Å². The van der Waals surface area contributed by atoms with E-state index >= 15 is 0 Å². The number of aliphatic carboxylic acids is 3. The number of hydrogen-bond donors (Lipinski definition) is 6. The Morgan fingerprint density at radius 1 is 0.717 bits per heavy atom. The van der Waals surface area contributed by atoms with Gasteiger partial charge in [0.15, 0.2) is 0 Å². The first-order chi connectivity index (χ1) is 27.8. The Kier molecular flexibility index (Phi) is 22.8. The first kappa shape index (κ1) is 53.0. The van der Waals surface area contributed by atoms with Crippen LogP contribution in [0.15, 0.2) is 24.3 Å². The molecule has 1 aliphatic heterocycles. The maximum absolute atomic E-state index is 13.1. The molecule has 0 bridgehead atoms. The molecule has 333 valence electrons. The third-order valence-electron chi connectivity index (χ3n) is 10.2. The van der Waals surface area contributed by atoms with Crippen molar-refractivity contribution in [2.24, 2.45) is 0 Å². The van der Waals surface area contributed by atoms with Gasteiger partial charge in [-0.2, -0.15) is 0 Å². The molecule has 0 spiro atoms. The normalized spacial score (nSPS) is 16.6. The minimum atomic E-state index is -4.63. The number of carboxylic acids is 3. The van der Waals surface area contributed by atoms with E-state index in [1.54, 1.807) is 17.9 Å². The number of aryl methyl sites for hydroxylation is 5. The van der Waals surface area contributed by atoms with Crippen LogP contribution in [0.3, 0.4) is 0 Å². The van der Waals surface area contributed by atoms with Crippen LogP contribution >= 0.6 is 7.82 Å². The summed E-state index contributed by atoms with van der Waals surface area (Å²) in [5, 5.41) is 33.2. The zero-order valence-corrected chi connectivity index (χ0v) is 38.5. The molecule has 0 aromatic heterocycles. The molecule has 1 saturated heterocycles. The summed E-state index contributed by atoms with van der Waals surface area (Å²) < 4.78 is 24.0. The van der Waals surface area contributed by atoms with Gasteiger partial charge in [-0.15, -0.1) is 0 Å².